The fourth-order valence-corrected chi connectivity index (χ4v) is 2.83. The number of hydrogen-bond donors (Lipinski definition) is 1. The van der Waals surface area contributed by atoms with Gasteiger partial charge >= 0.3 is 5.97 Å². The van der Waals surface area contributed by atoms with E-state index in [1.165, 1.54) is 6.92 Å². The number of amides is 1. The summed E-state index contributed by atoms with van der Waals surface area (Å²) >= 11 is 0. The van der Waals surface area contributed by atoms with Gasteiger partial charge in [0.2, 0.25) is 5.91 Å². The molecule has 0 aromatic heterocycles. The van der Waals surface area contributed by atoms with Crippen molar-refractivity contribution in [2.75, 3.05) is 0 Å². The molecule has 0 aliphatic heterocycles. The summed E-state index contributed by atoms with van der Waals surface area (Å²) in [6, 6.07) is 15.0. The summed E-state index contributed by atoms with van der Waals surface area (Å²) in [5.74, 6) is 0.364. The maximum atomic E-state index is 12.5. The van der Waals surface area contributed by atoms with Gasteiger partial charge in [-0.05, 0) is 36.5 Å². The standard InChI is InChI=1S/C22H27NO3/c1-5-16(3)19-8-6-7-9-21(19)26-22(25)14-20(23-17(4)24)18-12-10-15(2)11-13-18/h6-13,16,20H,5,14H2,1-4H3,(H,23,24). The van der Waals surface area contributed by atoms with Gasteiger partial charge in [0.15, 0.2) is 0 Å². The minimum atomic E-state index is -0.406. The number of carbonyl (C=O) groups excluding carboxylic acids is 2. The number of carbonyl (C=O) groups is 2. The smallest absolute Gasteiger partial charge is 0.313 e. The molecule has 4 nitrogen and oxygen atoms in total. The summed E-state index contributed by atoms with van der Waals surface area (Å²) in [5.41, 5.74) is 3.04. The Bertz CT molecular complexity index is 752. The molecule has 2 aromatic rings. The molecule has 0 aliphatic carbocycles. The average Bonchev–Trinajstić information content (AvgIpc) is 2.61. The monoisotopic (exact) mass is 353 g/mol. The molecule has 4 heteroatoms. The highest BCUT2D eigenvalue weighted by Gasteiger charge is 2.20. The van der Waals surface area contributed by atoms with Crippen LogP contribution in [0.25, 0.3) is 0 Å². The van der Waals surface area contributed by atoms with Crippen molar-refractivity contribution < 1.29 is 14.3 Å². The average molecular weight is 353 g/mol. The number of rotatable bonds is 7. The molecule has 26 heavy (non-hydrogen) atoms. The lowest BCUT2D eigenvalue weighted by molar-refractivity contribution is -0.135. The molecule has 0 spiro atoms. The summed E-state index contributed by atoms with van der Waals surface area (Å²) in [4.78, 5) is 24.1. The second kappa shape index (κ2) is 9.18. The van der Waals surface area contributed by atoms with Crippen molar-refractivity contribution in [1.82, 2.24) is 5.32 Å². The van der Waals surface area contributed by atoms with Gasteiger partial charge in [0.05, 0.1) is 12.5 Å². The van der Waals surface area contributed by atoms with Gasteiger partial charge in [0.25, 0.3) is 0 Å². The van der Waals surface area contributed by atoms with Crippen LogP contribution in [0.3, 0.4) is 0 Å². The summed E-state index contributed by atoms with van der Waals surface area (Å²) < 4.78 is 5.64. The van der Waals surface area contributed by atoms with Gasteiger partial charge in [-0.15, -0.1) is 0 Å². The predicted octanol–water partition coefficient (Wildman–Crippen LogP) is 4.68. The highest BCUT2D eigenvalue weighted by molar-refractivity contribution is 5.77. The Labute approximate surface area is 155 Å². The second-order valence-corrected chi connectivity index (χ2v) is 6.69. The molecule has 138 valence electrons. The first-order valence-electron chi connectivity index (χ1n) is 9.04. The summed E-state index contributed by atoms with van der Waals surface area (Å²) in [7, 11) is 0. The Morgan fingerprint density at radius 2 is 1.73 bits per heavy atom. The van der Waals surface area contributed by atoms with Crippen molar-refractivity contribution in [3.63, 3.8) is 0 Å². The molecular formula is C22H27NO3. The lowest BCUT2D eigenvalue weighted by atomic mass is 9.98. The second-order valence-electron chi connectivity index (χ2n) is 6.69. The van der Waals surface area contributed by atoms with Crippen molar-refractivity contribution in [2.45, 2.75) is 52.5 Å². The van der Waals surface area contributed by atoms with Gasteiger partial charge < -0.3 is 10.1 Å². The first-order valence-corrected chi connectivity index (χ1v) is 9.04. The van der Waals surface area contributed by atoms with E-state index in [9.17, 15) is 9.59 Å². The molecule has 0 bridgehead atoms. The maximum Gasteiger partial charge on any atom is 0.313 e. The van der Waals surface area contributed by atoms with Gasteiger partial charge in [0, 0.05) is 6.92 Å². The van der Waals surface area contributed by atoms with E-state index in [1.807, 2.05) is 55.5 Å². The van der Waals surface area contributed by atoms with Crippen LogP contribution in [-0.2, 0) is 9.59 Å². The van der Waals surface area contributed by atoms with Crippen LogP contribution >= 0.6 is 0 Å². The lowest BCUT2D eigenvalue weighted by Crippen LogP contribution is -2.29. The molecule has 0 aliphatic rings. The molecular weight excluding hydrogens is 326 g/mol. The van der Waals surface area contributed by atoms with Gasteiger partial charge in [-0.3, -0.25) is 9.59 Å². The Kier molecular flexibility index (Phi) is 6.96. The van der Waals surface area contributed by atoms with E-state index in [1.54, 1.807) is 0 Å². The van der Waals surface area contributed by atoms with Crippen molar-refractivity contribution in [1.29, 1.82) is 0 Å². The number of para-hydroxylation sites is 1. The summed E-state index contributed by atoms with van der Waals surface area (Å²) in [6.07, 6.45) is 1.05. The normalized spacial score (nSPS) is 12.9. The van der Waals surface area contributed by atoms with E-state index < -0.39 is 6.04 Å². The van der Waals surface area contributed by atoms with Crippen LogP contribution in [-0.4, -0.2) is 11.9 Å². The molecule has 2 unspecified atom stereocenters. The molecule has 0 saturated carbocycles. The van der Waals surface area contributed by atoms with E-state index >= 15 is 0 Å². The molecule has 2 atom stereocenters. The third-order valence-electron chi connectivity index (χ3n) is 4.51. The van der Waals surface area contributed by atoms with Crippen LogP contribution in [0.2, 0.25) is 0 Å². The van der Waals surface area contributed by atoms with Crippen LogP contribution in [0.15, 0.2) is 48.5 Å². The zero-order valence-electron chi connectivity index (χ0n) is 15.9. The largest absolute Gasteiger partial charge is 0.426 e. The van der Waals surface area contributed by atoms with Gasteiger partial charge in [-0.25, -0.2) is 0 Å². The van der Waals surface area contributed by atoms with Crippen molar-refractivity contribution in [2.24, 2.45) is 0 Å². The van der Waals surface area contributed by atoms with E-state index in [0.29, 0.717) is 11.7 Å². The van der Waals surface area contributed by atoms with E-state index in [4.69, 9.17) is 4.74 Å². The first kappa shape index (κ1) is 19.7. The number of aryl methyl sites for hydroxylation is 1. The highest BCUT2D eigenvalue weighted by atomic mass is 16.5. The summed E-state index contributed by atoms with van der Waals surface area (Å²) in [5, 5.41) is 2.84. The number of nitrogens with one attached hydrogen (secondary N) is 1. The molecule has 0 saturated heterocycles. The molecule has 2 rings (SSSR count). The molecule has 1 amide bonds. The van der Waals surface area contributed by atoms with Gasteiger partial charge in [-0.1, -0.05) is 61.9 Å². The molecule has 1 N–H and O–H groups in total. The van der Waals surface area contributed by atoms with Gasteiger partial charge in [0.1, 0.15) is 5.75 Å². The Morgan fingerprint density at radius 1 is 1.08 bits per heavy atom. The van der Waals surface area contributed by atoms with Crippen LogP contribution in [0, 0.1) is 6.92 Å². The minimum Gasteiger partial charge on any atom is -0.426 e. The lowest BCUT2D eigenvalue weighted by Gasteiger charge is -2.19. The van der Waals surface area contributed by atoms with Crippen LogP contribution in [0.5, 0.6) is 5.75 Å². The zero-order valence-corrected chi connectivity index (χ0v) is 15.9. The van der Waals surface area contributed by atoms with E-state index in [-0.39, 0.29) is 18.3 Å². The fraction of sp³-hybridized carbons (Fsp3) is 0.364. The Hall–Kier alpha value is -2.62. The van der Waals surface area contributed by atoms with Crippen molar-refractivity contribution >= 4 is 11.9 Å². The molecule has 2 aromatic carbocycles. The van der Waals surface area contributed by atoms with E-state index in [0.717, 1.165) is 23.1 Å². The highest BCUT2D eigenvalue weighted by Crippen LogP contribution is 2.29. The first-order chi connectivity index (χ1) is 12.4. The Morgan fingerprint density at radius 3 is 2.35 bits per heavy atom. The molecule has 0 heterocycles. The van der Waals surface area contributed by atoms with Crippen LogP contribution in [0.4, 0.5) is 0 Å². The number of ether oxygens (including phenoxy) is 1. The SMILES string of the molecule is CCC(C)c1ccccc1OC(=O)CC(NC(C)=O)c1ccc(C)cc1. The predicted molar refractivity (Wildman–Crippen MR) is 103 cm³/mol. The quantitative estimate of drug-likeness (QED) is 0.581. The number of esters is 1. The number of hydrogen-bond acceptors (Lipinski definition) is 3. The van der Waals surface area contributed by atoms with Crippen LogP contribution in [0.1, 0.15) is 62.3 Å². The van der Waals surface area contributed by atoms with Crippen molar-refractivity contribution in [3.8, 4) is 5.75 Å². The summed E-state index contributed by atoms with van der Waals surface area (Å²) in [6.45, 7) is 7.66. The maximum absolute atomic E-state index is 12.5. The minimum absolute atomic E-state index is 0.0808. The Balaban J connectivity index is 2.15. The van der Waals surface area contributed by atoms with Gasteiger partial charge in [-0.2, -0.15) is 0 Å². The number of benzene rings is 2. The zero-order chi connectivity index (χ0) is 19.1. The molecule has 0 fully saturated rings. The third-order valence-corrected chi connectivity index (χ3v) is 4.51. The van der Waals surface area contributed by atoms with Crippen LogP contribution < -0.4 is 10.1 Å². The molecule has 0 radical (unpaired) electrons. The van der Waals surface area contributed by atoms with Crippen molar-refractivity contribution in [3.05, 3.63) is 65.2 Å². The fourth-order valence-electron chi connectivity index (χ4n) is 2.83. The topological polar surface area (TPSA) is 55.4 Å². The van der Waals surface area contributed by atoms with E-state index in [2.05, 4.69) is 19.2 Å². The third kappa shape index (κ3) is 5.45.